The zero-order valence-corrected chi connectivity index (χ0v) is 16.1. The third kappa shape index (κ3) is 5.01. The standard InChI is InChI=1S/C21H31N3O3/c1-15(14-25)23-21(27)17-8-10-18(11-9-17)22-13-20(26)24-12-4-6-16-5-2-3-7-19(16)24/h8-11,15-16,19,22,25H,2-7,12-14H2,1H3,(H,23,27). The molecule has 148 valence electrons. The Labute approximate surface area is 161 Å². The Morgan fingerprint density at radius 1 is 1.15 bits per heavy atom. The molecular weight excluding hydrogens is 342 g/mol. The lowest BCUT2D eigenvalue weighted by molar-refractivity contribution is -0.135. The van der Waals surface area contributed by atoms with E-state index in [4.69, 9.17) is 5.11 Å². The molecule has 1 aromatic rings. The summed E-state index contributed by atoms with van der Waals surface area (Å²) in [6.07, 6.45) is 7.32. The quantitative estimate of drug-likeness (QED) is 0.715. The van der Waals surface area contributed by atoms with Gasteiger partial charge in [-0.15, -0.1) is 0 Å². The first-order valence-electron chi connectivity index (χ1n) is 10.1. The van der Waals surface area contributed by atoms with Gasteiger partial charge in [-0.2, -0.15) is 0 Å². The summed E-state index contributed by atoms with van der Waals surface area (Å²) >= 11 is 0. The van der Waals surface area contributed by atoms with Crippen LogP contribution in [0, 0.1) is 5.92 Å². The summed E-state index contributed by atoms with van der Waals surface area (Å²) in [7, 11) is 0. The number of amides is 2. The lowest BCUT2D eigenvalue weighted by atomic mass is 9.78. The number of likely N-dealkylation sites (tertiary alicyclic amines) is 1. The van der Waals surface area contributed by atoms with E-state index in [-0.39, 0.29) is 31.0 Å². The first-order valence-corrected chi connectivity index (χ1v) is 10.1. The van der Waals surface area contributed by atoms with Gasteiger partial charge in [0.2, 0.25) is 5.91 Å². The maximum Gasteiger partial charge on any atom is 0.251 e. The highest BCUT2D eigenvalue weighted by molar-refractivity contribution is 5.94. The molecule has 1 aliphatic carbocycles. The monoisotopic (exact) mass is 373 g/mol. The summed E-state index contributed by atoms with van der Waals surface area (Å²) in [6, 6.07) is 7.23. The summed E-state index contributed by atoms with van der Waals surface area (Å²) in [6.45, 7) is 2.82. The number of aliphatic hydroxyl groups is 1. The van der Waals surface area contributed by atoms with E-state index < -0.39 is 0 Å². The highest BCUT2D eigenvalue weighted by atomic mass is 16.3. The summed E-state index contributed by atoms with van der Waals surface area (Å²) in [5.74, 6) is 0.650. The fourth-order valence-electron chi connectivity index (χ4n) is 4.31. The third-order valence-electron chi connectivity index (χ3n) is 5.81. The van der Waals surface area contributed by atoms with Crippen LogP contribution < -0.4 is 10.6 Å². The molecule has 0 aromatic heterocycles. The first-order chi connectivity index (χ1) is 13.1. The number of fused-ring (bicyclic) bond motifs is 1. The maximum absolute atomic E-state index is 12.7. The van der Waals surface area contributed by atoms with Crippen LogP contribution in [0.25, 0.3) is 0 Å². The first kappa shape index (κ1) is 19.7. The van der Waals surface area contributed by atoms with Gasteiger partial charge < -0.3 is 20.6 Å². The Hall–Kier alpha value is -2.08. The van der Waals surface area contributed by atoms with Crippen LogP contribution in [-0.4, -0.2) is 53.6 Å². The van der Waals surface area contributed by atoms with Crippen LogP contribution in [0.2, 0.25) is 0 Å². The second kappa shape index (κ2) is 9.22. The van der Waals surface area contributed by atoms with Gasteiger partial charge in [0.25, 0.3) is 5.91 Å². The number of carbonyl (C=O) groups excluding carboxylic acids is 2. The van der Waals surface area contributed by atoms with Crippen molar-refractivity contribution in [3.05, 3.63) is 29.8 Å². The lowest BCUT2D eigenvalue weighted by Gasteiger charge is -2.44. The number of hydrogen-bond acceptors (Lipinski definition) is 4. The van der Waals surface area contributed by atoms with Gasteiger partial charge >= 0.3 is 0 Å². The molecule has 3 N–H and O–H groups in total. The molecule has 3 unspecified atom stereocenters. The van der Waals surface area contributed by atoms with Crippen LogP contribution in [0.5, 0.6) is 0 Å². The molecule has 0 radical (unpaired) electrons. The van der Waals surface area contributed by atoms with Crippen molar-refractivity contribution in [1.29, 1.82) is 0 Å². The van der Waals surface area contributed by atoms with Gasteiger partial charge in [-0.1, -0.05) is 12.8 Å². The number of rotatable bonds is 6. The van der Waals surface area contributed by atoms with Gasteiger partial charge in [-0.05, 0) is 62.8 Å². The van der Waals surface area contributed by atoms with Crippen LogP contribution >= 0.6 is 0 Å². The Bertz CT molecular complexity index is 645. The minimum atomic E-state index is -0.277. The molecule has 1 aliphatic heterocycles. The fraction of sp³-hybridized carbons (Fsp3) is 0.619. The van der Waals surface area contributed by atoms with E-state index in [2.05, 4.69) is 15.5 Å². The second-order valence-corrected chi connectivity index (χ2v) is 7.83. The van der Waals surface area contributed by atoms with Gasteiger partial charge in [0.05, 0.1) is 13.2 Å². The predicted molar refractivity (Wildman–Crippen MR) is 106 cm³/mol. The molecular formula is C21H31N3O3. The molecule has 1 saturated heterocycles. The third-order valence-corrected chi connectivity index (χ3v) is 5.81. The van der Waals surface area contributed by atoms with Crippen LogP contribution in [0.4, 0.5) is 5.69 Å². The van der Waals surface area contributed by atoms with Crippen molar-refractivity contribution in [2.24, 2.45) is 5.92 Å². The minimum Gasteiger partial charge on any atom is -0.394 e. The van der Waals surface area contributed by atoms with Gasteiger partial charge in [-0.3, -0.25) is 9.59 Å². The van der Waals surface area contributed by atoms with Crippen molar-refractivity contribution in [2.45, 2.75) is 57.5 Å². The molecule has 27 heavy (non-hydrogen) atoms. The van der Waals surface area contributed by atoms with E-state index in [1.165, 1.54) is 25.7 Å². The van der Waals surface area contributed by atoms with E-state index in [0.717, 1.165) is 25.1 Å². The molecule has 1 saturated carbocycles. The second-order valence-electron chi connectivity index (χ2n) is 7.83. The minimum absolute atomic E-state index is 0.0914. The molecule has 2 aliphatic rings. The number of benzene rings is 1. The van der Waals surface area contributed by atoms with Crippen LogP contribution in [0.1, 0.15) is 55.8 Å². The summed E-state index contributed by atoms with van der Waals surface area (Å²) in [5.41, 5.74) is 1.36. The highest BCUT2D eigenvalue weighted by Crippen LogP contribution is 2.35. The molecule has 0 spiro atoms. The Balaban J connectivity index is 1.52. The van der Waals surface area contributed by atoms with Crippen molar-refractivity contribution < 1.29 is 14.7 Å². The number of anilines is 1. The SMILES string of the molecule is CC(CO)NC(=O)c1ccc(NCC(=O)N2CCCC3CCCCC32)cc1. The van der Waals surface area contributed by atoms with Gasteiger partial charge in [-0.25, -0.2) is 0 Å². The average molecular weight is 373 g/mol. The normalized spacial score (nSPS) is 23.3. The number of hydrogen-bond donors (Lipinski definition) is 3. The average Bonchev–Trinajstić information content (AvgIpc) is 2.71. The van der Waals surface area contributed by atoms with Gasteiger partial charge in [0, 0.05) is 29.9 Å². The maximum atomic E-state index is 12.7. The number of carbonyl (C=O) groups is 2. The van der Waals surface area contributed by atoms with E-state index in [1.54, 1.807) is 19.1 Å². The molecule has 2 amide bonds. The summed E-state index contributed by atoms with van der Waals surface area (Å²) < 4.78 is 0. The van der Waals surface area contributed by atoms with E-state index in [1.807, 2.05) is 12.1 Å². The van der Waals surface area contributed by atoms with E-state index >= 15 is 0 Å². The van der Waals surface area contributed by atoms with Crippen molar-refractivity contribution in [3.8, 4) is 0 Å². The number of piperidine rings is 1. The molecule has 3 rings (SSSR count). The fourth-order valence-corrected chi connectivity index (χ4v) is 4.31. The highest BCUT2D eigenvalue weighted by Gasteiger charge is 2.35. The molecule has 2 fully saturated rings. The molecule has 3 atom stereocenters. The van der Waals surface area contributed by atoms with Gasteiger partial charge in [0.15, 0.2) is 0 Å². The summed E-state index contributed by atoms with van der Waals surface area (Å²) in [4.78, 5) is 26.9. The molecule has 1 heterocycles. The predicted octanol–water partition coefficient (Wildman–Crippen LogP) is 2.39. The zero-order chi connectivity index (χ0) is 19.2. The number of nitrogens with zero attached hydrogens (tertiary/aromatic N) is 1. The number of aliphatic hydroxyl groups excluding tert-OH is 1. The van der Waals surface area contributed by atoms with Crippen LogP contribution in [0.3, 0.4) is 0 Å². The van der Waals surface area contributed by atoms with Crippen LogP contribution in [-0.2, 0) is 4.79 Å². The number of nitrogens with one attached hydrogen (secondary N) is 2. The van der Waals surface area contributed by atoms with E-state index in [0.29, 0.717) is 17.5 Å². The van der Waals surface area contributed by atoms with Crippen molar-refractivity contribution in [2.75, 3.05) is 25.0 Å². The zero-order valence-electron chi connectivity index (χ0n) is 16.1. The largest absolute Gasteiger partial charge is 0.394 e. The summed E-state index contributed by atoms with van der Waals surface area (Å²) in [5, 5.41) is 14.9. The molecule has 0 bridgehead atoms. The van der Waals surface area contributed by atoms with Crippen molar-refractivity contribution in [3.63, 3.8) is 0 Å². The molecule has 1 aromatic carbocycles. The smallest absolute Gasteiger partial charge is 0.251 e. The molecule has 6 nitrogen and oxygen atoms in total. The van der Waals surface area contributed by atoms with Crippen LogP contribution in [0.15, 0.2) is 24.3 Å². The molecule has 6 heteroatoms. The Kier molecular flexibility index (Phi) is 6.72. The Morgan fingerprint density at radius 3 is 2.59 bits per heavy atom. The van der Waals surface area contributed by atoms with E-state index in [9.17, 15) is 9.59 Å². The van der Waals surface area contributed by atoms with Gasteiger partial charge in [0.1, 0.15) is 0 Å². The Morgan fingerprint density at radius 2 is 1.85 bits per heavy atom. The van der Waals surface area contributed by atoms with Crippen molar-refractivity contribution in [1.82, 2.24) is 10.2 Å². The van der Waals surface area contributed by atoms with Crippen molar-refractivity contribution >= 4 is 17.5 Å². The topological polar surface area (TPSA) is 81.7 Å². The lowest BCUT2D eigenvalue weighted by Crippen LogP contribution is -2.51.